The average Bonchev–Trinajstić information content (AvgIpc) is 3.37. The van der Waals surface area contributed by atoms with Crippen molar-refractivity contribution in [3.63, 3.8) is 0 Å². The highest BCUT2D eigenvalue weighted by atomic mass is 32.1. The summed E-state index contributed by atoms with van der Waals surface area (Å²) in [6.45, 7) is 12.6. The molecule has 0 atom stereocenters. The number of hydrogen-bond acceptors (Lipinski definition) is 6. The molecule has 0 bridgehead atoms. The van der Waals surface area contributed by atoms with E-state index in [1.54, 1.807) is 0 Å². The van der Waals surface area contributed by atoms with Gasteiger partial charge in [-0.3, -0.25) is 0 Å². The Morgan fingerprint density at radius 2 is 0.900 bits per heavy atom. The van der Waals surface area contributed by atoms with Crippen molar-refractivity contribution in [2.24, 2.45) is 11.5 Å². The van der Waals surface area contributed by atoms with E-state index in [9.17, 15) is 0 Å². The van der Waals surface area contributed by atoms with Crippen molar-refractivity contribution in [2.75, 3.05) is 0 Å². The van der Waals surface area contributed by atoms with Gasteiger partial charge in [-0.1, -0.05) is 0 Å². The first-order valence-corrected chi connectivity index (χ1v) is 13.2. The largest absolute Gasteiger partial charge is 0.321 e. The third-order valence-electron chi connectivity index (χ3n) is 5.01. The van der Waals surface area contributed by atoms with Gasteiger partial charge in [-0.25, -0.2) is 0 Å². The van der Waals surface area contributed by atoms with Crippen molar-refractivity contribution in [1.29, 1.82) is 0 Å². The number of thiophene rings is 4. The van der Waals surface area contributed by atoms with E-state index in [4.69, 9.17) is 11.5 Å². The monoisotopic (exact) mass is 472 g/mol. The first-order valence-electron chi connectivity index (χ1n) is 9.94. The lowest BCUT2D eigenvalue weighted by Gasteiger charge is -2.15. The minimum atomic E-state index is -0.300. The summed E-state index contributed by atoms with van der Waals surface area (Å²) in [5.74, 6) is 0. The third kappa shape index (κ3) is 4.22. The van der Waals surface area contributed by atoms with E-state index >= 15 is 0 Å². The van der Waals surface area contributed by atoms with E-state index < -0.39 is 0 Å². The Morgan fingerprint density at radius 3 is 1.20 bits per heavy atom. The normalized spacial score (nSPS) is 12.7. The second-order valence-corrected chi connectivity index (χ2v) is 13.3. The second-order valence-electron chi connectivity index (χ2n) is 9.02. The summed E-state index contributed by atoms with van der Waals surface area (Å²) in [5.41, 5.74) is 14.7. The molecule has 0 fully saturated rings. The molecular formula is C24H28N2S4. The fourth-order valence-corrected chi connectivity index (χ4v) is 8.10. The van der Waals surface area contributed by atoms with Crippen molar-refractivity contribution in [3.05, 3.63) is 57.3 Å². The van der Waals surface area contributed by atoms with E-state index in [1.807, 2.05) is 45.3 Å². The predicted octanol–water partition coefficient (Wildman–Crippen LogP) is 7.94. The highest BCUT2D eigenvalue weighted by Gasteiger charge is 2.22. The van der Waals surface area contributed by atoms with Crippen LogP contribution in [-0.2, 0) is 11.1 Å². The molecule has 4 aromatic heterocycles. The standard InChI is InChI=1S/C24H28N2S4/c1-13-11-19(23(3,4)25)29-21(13)17-9-7-15(27-17)16-8-10-18(28-16)22-14(2)12-20(30-22)24(5,6)26/h7-12H,25-26H2,1-6H3. The van der Waals surface area contributed by atoms with Gasteiger partial charge in [0.2, 0.25) is 0 Å². The quantitative estimate of drug-likeness (QED) is 0.310. The van der Waals surface area contributed by atoms with E-state index in [0.717, 1.165) is 0 Å². The molecule has 4 N–H and O–H groups in total. The van der Waals surface area contributed by atoms with Crippen molar-refractivity contribution < 1.29 is 0 Å². The topological polar surface area (TPSA) is 52.0 Å². The third-order valence-corrected chi connectivity index (χ3v) is 10.9. The molecule has 0 aliphatic carbocycles. The minimum Gasteiger partial charge on any atom is -0.321 e. The molecule has 0 radical (unpaired) electrons. The zero-order chi connectivity index (χ0) is 21.8. The van der Waals surface area contributed by atoms with Crippen molar-refractivity contribution in [3.8, 4) is 29.3 Å². The SMILES string of the molecule is Cc1cc(C(C)(C)N)sc1-c1ccc(-c2ccc(-c3sc(C(C)(C)N)cc3C)s2)s1. The van der Waals surface area contributed by atoms with Crippen LogP contribution in [0.5, 0.6) is 0 Å². The van der Waals surface area contributed by atoms with Crippen LogP contribution in [0.1, 0.15) is 48.6 Å². The van der Waals surface area contributed by atoms with Crippen LogP contribution in [0.4, 0.5) is 0 Å². The first-order chi connectivity index (χ1) is 13.9. The molecule has 4 aromatic rings. The van der Waals surface area contributed by atoms with Gasteiger partial charge < -0.3 is 11.5 Å². The van der Waals surface area contributed by atoms with E-state index in [0.29, 0.717) is 0 Å². The van der Waals surface area contributed by atoms with Gasteiger partial charge in [0.05, 0.1) is 0 Å². The van der Waals surface area contributed by atoms with Crippen molar-refractivity contribution >= 4 is 45.3 Å². The van der Waals surface area contributed by atoms with Gasteiger partial charge in [0.15, 0.2) is 0 Å². The summed E-state index contributed by atoms with van der Waals surface area (Å²) in [5, 5.41) is 0. The number of rotatable bonds is 5. The summed E-state index contributed by atoms with van der Waals surface area (Å²) in [7, 11) is 0. The van der Waals surface area contributed by atoms with Crippen LogP contribution < -0.4 is 11.5 Å². The smallest absolute Gasteiger partial charge is 0.0475 e. The molecule has 0 unspecified atom stereocenters. The number of hydrogen-bond donors (Lipinski definition) is 2. The molecule has 0 amide bonds. The van der Waals surface area contributed by atoms with E-state index in [2.05, 4.69) is 77.9 Å². The van der Waals surface area contributed by atoms with Crippen LogP contribution in [0.15, 0.2) is 36.4 Å². The Hall–Kier alpha value is -1.28. The Balaban J connectivity index is 1.64. The van der Waals surface area contributed by atoms with Crippen molar-refractivity contribution in [2.45, 2.75) is 52.6 Å². The van der Waals surface area contributed by atoms with Gasteiger partial charge in [-0.05, 0) is 89.1 Å². The van der Waals surface area contributed by atoms with E-state index in [1.165, 1.54) is 50.1 Å². The Kier molecular flexibility index (Phi) is 5.62. The lowest BCUT2D eigenvalue weighted by Crippen LogP contribution is -2.27. The van der Waals surface area contributed by atoms with Gasteiger partial charge in [0.25, 0.3) is 0 Å². The zero-order valence-electron chi connectivity index (χ0n) is 18.3. The number of aryl methyl sites for hydroxylation is 2. The summed E-state index contributed by atoms with van der Waals surface area (Å²) < 4.78 is 0. The highest BCUT2D eigenvalue weighted by molar-refractivity contribution is 7.28. The molecule has 0 spiro atoms. The Morgan fingerprint density at radius 1 is 0.567 bits per heavy atom. The molecule has 0 aromatic carbocycles. The van der Waals surface area contributed by atoms with Gasteiger partial charge in [0.1, 0.15) is 0 Å². The maximum atomic E-state index is 6.32. The molecule has 4 heterocycles. The number of nitrogens with two attached hydrogens (primary N) is 2. The minimum absolute atomic E-state index is 0.300. The summed E-state index contributed by atoms with van der Waals surface area (Å²) in [6, 6.07) is 13.5. The fraction of sp³-hybridized carbons (Fsp3) is 0.333. The van der Waals surface area contributed by atoms with Crippen molar-refractivity contribution in [1.82, 2.24) is 0 Å². The fourth-order valence-electron chi connectivity index (χ4n) is 3.27. The van der Waals surface area contributed by atoms with Crippen LogP contribution in [0, 0.1) is 13.8 Å². The van der Waals surface area contributed by atoms with Crippen LogP contribution in [-0.4, -0.2) is 0 Å². The Bertz CT molecular complexity index is 1090. The Labute approximate surface area is 195 Å². The lowest BCUT2D eigenvalue weighted by atomic mass is 10.0. The lowest BCUT2D eigenvalue weighted by molar-refractivity contribution is 0.566. The van der Waals surface area contributed by atoms with Crippen LogP contribution >= 0.6 is 45.3 Å². The molecule has 0 saturated carbocycles. The van der Waals surface area contributed by atoms with Gasteiger partial charge in [-0.2, -0.15) is 0 Å². The zero-order valence-corrected chi connectivity index (χ0v) is 21.5. The van der Waals surface area contributed by atoms with Crippen LogP contribution in [0.2, 0.25) is 0 Å². The molecule has 158 valence electrons. The molecule has 30 heavy (non-hydrogen) atoms. The van der Waals surface area contributed by atoms with Gasteiger partial charge in [0, 0.05) is 50.1 Å². The highest BCUT2D eigenvalue weighted by Crippen LogP contribution is 2.46. The maximum absolute atomic E-state index is 6.32. The van der Waals surface area contributed by atoms with Crippen LogP contribution in [0.3, 0.4) is 0 Å². The predicted molar refractivity (Wildman–Crippen MR) is 138 cm³/mol. The van der Waals surface area contributed by atoms with Gasteiger partial charge >= 0.3 is 0 Å². The first kappa shape index (κ1) is 21.9. The van der Waals surface area contributed by atoms with E-state index in [-0.39, 0.29) is 11.1 Å². The molecule has 0 saturated heterocycles. The maximum Gasteiger partial charge on any atom is 0.0475 e. The molecule has 0 aliphatic rings. The summed E-state index contributed by atoms with van der Waals surface area (Å²) in [6.07, 6.45) is 0. The molecule has 6 heteroatoms. The molecule has 0 aliphatic heterocycles. The average molecular weight is 473 g/mol. The summed E-state index contributed by atoms with van der Waals surface area (Å²) >= 11 is 7.36. The van der Waals surface area contributed by atoms with Gasteiger partial charge in [-0.15, -0.1) is 45.3 Å². The second kappa shape index (κ2) is 7.69. The van der Waals surface area contributed by atoms with Crippen LogP contribution in [0.25, 0.3) is 29.3 Å². The molecular weight excluding hydrogens is 445 g/mol. The molecule has 4 rings (SSSR count). The summed E-state index contributed by atoms with van der Waals surface area (Å²) in [4.78, 5) is 10.4. The molecule has 2 nitrogen and oxygen atoms in total.